The second-order valence-electron chi connectivity index (χ2n) is 2.96. The molecule has 0 aromatic heterocycles. The van der Waals surface area contributed by atoms with E-state index in [4.69, 9.17) is 4.55 Å². The minimum atomic E-state index is -1.71. The molecule has 2 unspecified atom stereocenters. The zero-order chi connectivity index (χ0) is 11.0. The van der Waals surface area contributed by atoms with Crippen LogP contribution in [0, 0.1) is 0 Å². The molecule has 2 atom stereocenters. The Labute approximate surface area is 96.4 Å². The van der Waals surface area contributed by atoms with E-state index >= 15 is 0 Å². The van der Waals surface area contributed by atoms with Crippen molar-refractivity contribution in [3.8, 4) is 0 Å². The molecule has 84 valence electrons. The maximum atomic E-state index is 10.7. The van der Waals surface area contributed by atoms with Gasteiger partial charge in [0.05, 0.1) is 5.75 Å². The van der Waals surface area contributed by atoms with E-state index in [0.717, 1.165) is 11.5 Å². The largest absolute Gasteiger partial charge is 0.306 e. The molecule has 14 heavy (non-hydrogen) atoms. The first-order chi connectivity index (χ1) is 6.57. The van der Waals surface area contributed by atoms with Crippen LogP contribution in [0.5, 0.6) is 0 Å². The third kappa shape index (κ3) is 7.87. The van der Waals surface area contributed by atoms with Crippen LogP contribution in [0.25, 0.3) is 0 Å². The lowest BCUT2D eigenvalue weighted by atomic mass is 10.4. The molecular weight excluding hydrogens is 238 g/mol. The predicted octanol–water partition coefficient (Wildman–Crippen LogP) is 1.71. The minimum absolute atomic E-state index is 0.156. The molecule has 0 saturated carbocycles. The van der Waals surface area contributed by atoms with E-state index < -0.39 is 11.1 Å². The first-order valence-corrected chi connectivity index (χ1v) is 7.93. The second-order valence-corrected chi connectivity index (χ2v) is 6.49. The Morgan fingerprint density at radius 2 is 2.21 bits per heavy atom. The van der Waals surface area contributed by atoms with Gasteiger partial charge >= 0.3 is 0 Å². The van der Waals surface area contributed by atoms with Gasteiger partial charge in [0, 0.05) is 17.5 Å². The Hall–Kier alpha value is 0.510. The van der Waals surface area contributed by atoms with E-state index in [-0.39, 0.29) is 6.04 Å². The average molecular weight is 255 g/mol. The van der Waals surface area contributed by atoms with Gasteiger partial charge in [0.25, 0.3) is 0 Å². The van der Waals surface area contributed by atoms with Gasteiger partial charge in [-0.05, 0) is 14.1 Å². The molecule has 0 spiro atoms. The summed E-state index contributed by atoms with van der Waals surface area (Å²) >= 11 is -1.71. The highest BCUT2D eigenvalue weighted by molar-refractivity contribution is 8.76. The summed E-state index contributed by atoms with van der Waals surface area (Å²) in [6.45, 7) is 3.63. The van der Waals surface area contributed by atoms with Crippen molar-refractivity contribution < 1.29 is 8.76 Å². The molecule has 0 radical (unpaired) electrons. The first kappa shape index (κ1) is 14.5. The quantitative estimate of drug-likeness (QED) is 0.309. The summed E-state index contributed by atoms with van der Waals surface area (Å²) in [4.78, 5) is 1.98. The Balaban J connectivity index is 3.73. The fourth-order valence-electron chi connectivity index (χ4n) is 0.734. The van der Waals surface area contributed by atoms with Crippen molar-refractivity contribution in [1.29, 1.82) is 0 Å². The van der Waals surface area contributed by atoms with Gasteiger partial charge in [0.1, 0.15) is 0 Å². The van der Waals surface area contributed by atoms with E-state index in [1.54, 1.807) is 21.6 Å². The highest BCUT2D eigenvalue weighted by atomic mass is 33.1. The Morgan fingerprint density at radius 3 is 2.64 bits per heavy atom. The summed E-state index contributed by atoms with van der Waals surface area (Å²) in [5.41, 5.74) is 0. The molecule has 1 N–H and O–H groups in total. The molecule has 0 aromatic carbocycles. The highest BCUT2D eigenvalue weighted by Crippen LogP contribution is 2.22. The Morgan fingerprint density at radius 1 is 1.57 bits per heavy atom. The van der Waals surface area contributed by atoms with Crippen LogP contribution >= 0.6 is 21.6 Å². The van der Waals surface area contributed by atoms with Gasteiger partial charge in [-0.3, -0.25) is 0 Å². The maximum Gasteiger partial charge on any atom is 0.154 e. The molecular formula is C8H17NO2S3. The van der Waals surface area contributed by atoms with Crippen molar-refractivity contribution in [3.63, 3.8) is 0 Å². The van der Waals surface area contributed by atoms with Crippen LogP contribution in [-0.4, -0.2) is 51.1 Å². The zero-order valence-corrected chi connectivity index (χ0v) is 11.0. The molecule has 0 heterocycles. The molecule has 0 rings (SSSR count). The summed E-state index contributed by atoms with van der Waals surface area (Å²) < 4.78 is 19.4. The van der Waals surface area contributed by atoms with Crippen molar-refractivity contribution in [2.24, 2.45) is 0 Å². The fraction of sp³-hybridized carbons (Fsp3) is 0.750. The molecule has 0 fully saturated rings. The lowest BCUT2D eigenvalue weighted by molar-refractivity contribution is 0.340. The number of hydrogen-bond donors (Lipinski definition) is 1. The van der Waals surface area contributed by atoms with Gasteiger partial charge in [0.15, 0.2) is 11.1 Å². The van der Waals surface area contributed by atoms with Crippen LogP contribution in [-0.2, 0) is 11.1 Å². The van der Waals surface area contributed by atoms with Gasteiger partial charge in [-0.15, -0.1) is 6.58 Å². The van der Waals surface area contributed by atoms with Crippen LogP contribution < -0.4 is 0 Å². The number of rotatable bonds is 8. The van der Waals surface area contributed by atoms with Crippen LogP contribution in [0.15, 0.2) is 12.7 Å². The molecule has 0 amide bonds. The fourth-order valence-corrected chi connectivity index (χ4v) is 3.83. The lowest BCUT2D eigenvalue weighted by Crippen LogP contribution is -2.35. The molecule has 0 aliphatic carbocycles. The predicted molar refractivity (Wildman–Crippen MR) is 68.2 cm³/mol. The standard InChI is InChI=1S/C8H17NO2S3/c1-4-5-12-13-6-8(9(2)3)7-14(10)11/h4,8H,1,5-7H2,2-3H3,(H,10,11). The average Bonchev–Trinajstić information content (AvgIpc) is 2.09. The topological polar surface area (TPSA) is 40.5 Å². The zero-order valence-electron chi connectivity index (χ0n) is 8.51. The third-order valence-corrected chi connectivity index (χ3v) is 4.64. The summed E-state index contributed by atoms with van der Waals surface area (Å²) in [6.07, 6.45) is 1.85. The second kappa shape index (κ2) is 8.79. The van der Waals surface area contributed by atoms with Crippen molar-refractivity contribution in [2.45, 2.75) is 6.04 Å². The van der Waals surface area contributed by atoms with Crippen molar-refractivity contribution in [2.75, 3.05) is 31.4 Å². The van der Waals surface area contributed by atoms with Crippen molar-refractivity contribution >= 4 is 32.7 Å². The monoisotopic (exact) mass is 255 g/mol. The van der Waals surface area contributed by atoms with Crippen molar-refractivity contribution in [1.82, 2.24) is 4.90 Å². The first-order valence-electron chi connectivity index (χ1n) is 4.17. The Kier molecular flexibility index (Phi) is 9.11. The molecule has 0 bridgehead atoms. The van der Waals surface area contributed by atoms with Gasteiger partial charge in [-0.1, -0.05) is 27.7 Å². The van der Waals surface area contributed by atoms with E-state index in [0.29, 0.717) is 5.75 Å². The molecule has 0 aromatic rings. The smallest absolute Gasteiger partial charge is 0.154 e. The van der Waals surface area contributed by atoms with E-state index in [1.165, 1.54) is 0 Å². The summed E-state index contributed by atoms with van der Waals surface area (Å²) in [7, 11) is 7.29. The number of hydrogen-bond acceptors (Lipinski definition) is 4. The van der Waals surface area contributed by atoms with E-state index in [2.05, 4.69) is 6.58 Å². The third-order valence-electron chi connectivity index (χ3n) is 1.59. The summed E-state index contributed by atoms with van der Waals surface area (Å²) in [5, 5.41) is 0. The molecule has 0 saturated heterocycles. The van der Waals surface area contributed by atoms with Crippen LogP contribution in [0.4, 0.5) is 0 Å². The van der Waals surface area contributed by atoms with E-state index in [1.807, 2.05) is 25.1 Å². The van der Waals surface area contributed by atoms with Gasteiger partial charge in [0.2, 0.25) is 0 Å². The molecule has 6 heteroatoms. The Bertz CT molecular complexity index is 187. The van der Waals surface area contributed by atoms with Gasteiger partial charge < -0.3 is 9.45 Å². The summed E-state index contributed by atoms with van der Waals surface area (Å²) in [5.74, 6) is 2.08. The molecule has 3 nitrogen and oxygen atoms in total. The maximum absolute atomic E-state index is 10.7. The molecule has 0 aliphatic heterocycles. The SMILES string of the molecule is C=CCSSCC(CS(=O)O)N(C)C. The van der Waals surface area contributed by atoms with Gasteiger partial charge in [-0.2, -0.15) is 0 Å². The normalized spacial score (nSPS) is 15.4. The van der Waals surface area contributed by atoms with Crippen LogP contribution in [0.3, 0.4) is 0 Å². The van der Waals surface area contributed by atoms with E-state index in [9.17, 15) is 4.21 Å². The van der Waals surface area contributed by atoms with Gasteiger partial charge in [-0.25, -0.2) is 4.21 Å². The minimum Gasteiger partial charge on any atom is -0.306 e. The molecule has 0 aliphatic rings. The highest BCUT2D eigenvalue weighted by Gasteiger charge is 2.14. The summed E-state index contributed by atoms with van der Waals surface area (Å²) in [6, 6.07) is 0.156. The van der Waals surface area contributed by atoms with Crippen molar-refractivity contribution in [3.05, 3.63) is 12.7 Å². The lowest BCUT2D eigenvalue weighted by Gasteiger charge is -2.21. The van der Waals surface area contributed by atoms with Crippen LogP contribution in [0.1, 0.15) is 0 Å². The number of nitrogens with zero attached hydrogens (tertiary/aromatic N) is 1. The van der Waals surface area contributed by atoms with Crippen LogP contribution in [0.2, 0.25) is 0 Å².